The number of amides is 1. The molecule has 31 heavy (non-hydrogen) atoms. The van der Waals surface area contributed by atoms with Crippen LogP contribution in [-0.4, -0.2) is 38.9 Å². The number of hydrogen-bond acceptors (Lipinski definition) is 7. The van der Waals surface area contributed by atoms with Gasteiger partial charge in [-0.15, -0.1) is 11.3 Å². The SMILES string of the molecule is O=C(CSc1nc2c(sc3ncccc32)c(=O)n1CC1CCCO1)Nc1ccccc1. The van der Waals surface area contributed by atoms with E-state index in [9.17, 15) is 9.59 Å². The smallest absolute Gasteiger partial charge is 0.272 e. The molecule has 7 nitrogen and oxygen atoms in total. The summed E-state index contributed by atoms with van der Waals surface area (Å²) >= 11 is 2.63. The zero-order valence-corrected chi connectivity index (χ0v) is 18.2. The number of thiophene rings is 1. The minimum absolute atomic E-state index is 0.0121. The second-order valence-corrected chi connectivity index (χ2v) is 9.23. The van der Waals surface area contributed by atoms with Crippen molar-refractivity contribution in [3.63, 3.8) is 0 Å². The van der Waals surface area contributed by atoms with Crippen LogP contribution in [0.4, 0.5) is 5.69 Å². The van der Waals surface area contributed by atoms with Crippen LogP contribution in [0.1, 0.15) is 12.8 Å². The Bertz CT molecular complexity index is 1300. The minimum atomic E-state index is -0.147. The lowest BCUT2D eigenvalue weighted by Gasteiger charge is -2.15. The van der Waals surface area contributed by atoms with Gasteiger partial charge in [-0.25, -0.2) is 9.97 Å². The van der Waals surface area contributed by atoms with Crippen LogP contribution >= 0.6 is 23.1 Å². The van der Waals surface area contributed by atoms with Gasteiger partial charge in [0.2, 0.25) is 5.91 Å². The summed E-state index contributed by atoms with van der Waals surface area (Å²) < 4.78 is 8.01. The Morgan fingerprint density at radius 3 is 2.94 bits per heavy atom. The predicted molar refractivity (Wildman–Crippen MR) is 124 cm³/mol. The van der Waals surface area contributed by atoms with Gasteiger partial charge in [0.1, 0.15) is 9.53 Å². The van der Waals surface area contributed by atoms with Gasteiger partial charge >= 0.3 is 0 Å². The highest BCUT2D eigenvalue weighted by molar-refractivity contribution is 7.99. The van der Waals surface area contributed by atoms with E-state index in [-0.39, 0.29) is 23.3 Å². The van der Waals surface area contributed by atoms with E-state index in [4.69, 9.17) is 9.72 Å². The Balaban J connectivity index is 1.48. The Kier molecular flexibility index (Phi) is 5.71. The molecule has 0 saturated carbocycles. The highest BCUT2D eigenvalue weighted by Gasteiger charge is 2.22. The van der Waals surface area contributed by atoms with Gasteiger partial charge in [-0.1, -0.05) is 30.0 Å². The van der Waals surface area contributed by atoms with E-state index in [1.807, 2.05) is 42.5 Å². The summed E-state index contributed by atoms with van der Waals surface area (Å²) in [5, 5.41) is 4.26. The van der Waals surface area contributed by atoms with E-state index in [0.29, 0.717) is 28.5 Å². The van der Waals surface area contributed by atoms with Gasteiger partial charge in [-0.3, -0.25) is 14.2 Å². The molecule has 9 heteroatoms. The van der Waals surface area contributed by atoms with Gasteiger partial charge in [0.05, 0.1) is 23.9 Å². The van der Waals surface area contributed by atoms with Gasteiger partial charge < -0.3 is 10.1 Å². The molecule has 0 radical (unpaired) electrons. The standard InChI is InChI=1S/C22H20N4O3S2/c27-17(24-14-6-2-1-3-7-14)13-30-22-25-18-16-9-4-10-23-20(16)31-19(18)21(28)26(22)12-15-8-5-11-29-15/h1-4,6-7,9-10,15H,5,8,11-13H2,(H,24,27). The van der Waals surface area contributed by atoms with Crippen molar-refractivity contribution in [1.29, 1.82) is 0 Å². The molecule has 1 fully saturated rings. The molecule has 5 rings (SSSR count). The van der Waals surface area contributed by atoms with Crippen molar-refractivity contribution in [2.45, 2.75) is 30.6 Å². The fourth-order valence-electron chi connectivity index (χ4n) is 3.65. The minimum Gasteiger partial charge on any atom is -0.376 e. The predicted octanol–water partition coefficient (Wildman–Crippen LogP) is 3.92. The Morgan fingerprint density at radius 2 is 2.13 bits per heavy atom. The van der Waals surface area contributed by atoms with Crippen LogP contribution in [0.15, 0.2) is 58.6 Å². The van der Waals surface area contributed by atoms with E-state index in [1.165, 1.54) is 23.1 Å². The fourth-order valence-corrected chi connectivity index (χ4v) is 5.49. The lowest BCUT2D eigenvalue weighted by atomic mass is 10.2. The number of nitrogens with zero attached hydrogens (tertiary/aromatic N) is 3. The molecule has 1 aliphatic rings. The molecule has 1 aliphatic heterocycles. The molecule has 1 aromatic carbocycles. The third kappa shape index (κ3) is 4.21. The Hall–Kier alpha value is -2.75. The summed E-state index contributed by atoms with van der Waals surface area (Å²) in [5.41, 5.74) is 1.28. The number of ether oxygens (including phenoxy) is 1. The molecule has 1 unspecified atom stereocenters. The van der Waals surface area contributed by atoms with Crippen LogP contribution in [0.2, 0.25) is 0 Å². The van der Waals surface area contributed by atoms with E-state index in [2.05, 4.69) is 10.3 Å². The molecule has 0 bridgehead atoms. The molecule has 4 aromatic rings. The summed E-state index contributed by atoms with van der Waals surface area (Å²) in [6, 6.07) is 13.1. The number of pyridine rings is 1. The lowest BCUT2D eigenvalue weighted by molar-refractivity contribution is -0.113. The van der Waals surface area contributed by atoms with Gasteiger partial charge in [0.25, 0.3) is 5.56 Å². The van der Waals surface area contributed by atoms with Gasteiger partial charge in [0, 0.05) is 23.9 Å². The van der Waals surface area contributed by atoms with Gasteiger partial charge in [-0.05, 0) is 37.1 Å². The van der Waals surface area contributed by atoms with Crippen LogP contribution in [0, 0.1) is 0 Å². The number of anilines is 1. The first-order chi connectivity index (χ1) is 15.2. The average Bonchev–Trinajstić information content (AvgIpc) is 3.43. The maximum absolute atomic E-state index is 13.4. The maximum atomic E-state index is 13.4. The quantitative estimate of drug-likeness (QED) is 0.353. The number of carbonyl (C=O) groups excluding carboxylic acids is 1. The monoisotopic (exact) mass is 452 g/mol. The topological polar surface area (TPSA) is 86.1 Å². The van der Waals surface area contributed by atoms with Crippen molar-refractivity contribution in [2.24, 2.45) is 0 Å². The van der Waals surface area contributed by atoms with Crippen molar-refractivity contribution in [3.05, 3.63) is 59.0 Å². The number of rotatable bonds is 6. The normalized spacial score (nSPS) is 16.2. The third-order valence-electron chi connectivity index (χ3n) is 5.12. The number of fused-ring (bicyclic) bond motifs is 3. The largest absolute Gasteiger partial charge is 0.376 e. The van der Waals surface area contributed by atoms with E-state index >= 15 is 0 Å². The van der Waals surface area contributed by atoms with Crippen molar-refractivity contribution < 1.29 is 9.53 Å². The molecule has 1 N–H and O–H groups in total. The molecule has 1 saturated heterocycles. The number of thioether (sulfide) groups is 1. The molecule has 4 heterocycles. The molecule has 1 atom stereocenters. The van der Waals surface area contributed by atoms with Gasteiger partial charge in [0.15, 0.2) is 5.16 Å². The van der Waals surface area contributed by atoms with E-state index in [1.54, 1.807) is 10.8 Å². The van der Waals surface area contributed by atoms with E-state index < -0.39 is 0 Å². The van der Waals surface area contributed by atoms with E-state index in [0.717, 1.165) is 28.7 Å². The second-order valence-electron chi connectivity index (χ2n) is 7.28. The average molecular weight is 453 g/mol. The number of nitrogens with one attached hydrogen (secondary N) is 1. The Morgan fingerprint density at radius 1 is 1.26 bits per heavy atom. The van der Waals surface area contributed by atoms with Crippen LogP contribution in [0.5, 0.6) is 0 Å². The lowest BCUT2D eigenvalue weighted by Crippen LogP contribution is -2.28. The Labute approximate surface area is 186 Å². The second kappa shape index (κ2) is 8.78. The first-order valence-corrected chi connectivity index (χ1v) is 11.9. The summed E-state index contributed by atoms with van der Waals surface area (Å²) in [5.74, 6) is 0.00430. The summed E-state index contributed by atoms with van der Waals surface area (Å²) in [7, 11) is 0. The van der Waals surface area contributed by atoms with Crippen molar-refractivity contribution >= 4 is 55.1 Å². The molecule has 0 aliphatic carbocycles. The highest BCUT2D eigenvalue weighted by atomic mass is 32.2. The molecular weight excluding hydrogens is 432 g/mol. The highest BCUT2D eigenvalue weighted by Crippen LogP contribution is 2.31. The van der Waals surface area contributed by atoms with Crippen LogP contribution in [0.3, 0.4) is 0 Å². The molecule has 3 aromatic heterocycles. The number of aromatic nitrogens is 3. The number of hydrogen-bond donors (Lipinski definition) is 1. The number of benzene rings is 1. The van der Waals surface area contributed by atoms with Crippen LogP contribution in [-0.2, 0) is 16.1 Å². The number of carbonyl (C=O) groups is 1. The van der Waals surface area contributed by atoms with Crippen LogP contribution < -0.4 is 10.9 Å². The number of para-hydroxylation sites is 1. The zero-order chi connectivity index (χ0) is 21.2. The summed E-state index contributed by atoms with van der Waals surface area (Å²) in [6.45, 7) is 1.15. The molecular formula is C22H20N4O3S2. The van der Waals surface area contributed by atoms with Crippen molar-refractivity contribution in [3.8, 4) is 0 Å². The zero-order valence-electron chi connectivity index (χ0n) is 16.6. The molecule has 158 valence electrons. The molecule has 0 spiro atoms. The fraction of sp³-hybridized carbons (Fsp3) is 0.273. The first-order valence-electron chi connectivity index (χ1n) is 10.1. The maximum Gasteiger partial charge on any atom is 0.272 e. The van der Waals surface area contributed by atoms with Crippen LogP contribution in [0.25, 0.3) is 20.4 Å². The molecule has 1 amide bonds. The summed E-state index contributed by atoms with van der Waals surface area (Å²) in [6.07, 6.45) is 3.61. The summed E-state index contributed by atoms with van der Waals surface area (Å²) in [4.78, 5) is 35.8. The third-order valence-corrected chi connectivity index (χ3v) is 7.19. The first kappa shape index (κ1) is 20.2. The van der Waals surface area contributed by atoms with Crippen molar-refractivity contribution in [2.75, 3.05) is 17.7 Å². The van der Waals surface area contributed by atoms with Gasteiger partial charge in [-0.2, -0.15) is 0 Å². The van der Waals surface area contributed by atoms with Crippen molar-refractivity contribution in [1.82, 2.24) is 14.5 Å².